The lowest BCUT2D eigenvalue weighted by Gasteiger charge is -2.09. The number of esters is 2. The van der Waals surface area contributed by atoms with Gasteiger partial charge >= 0.3 is 11.9 Å². The molecule has 1 N–H and O–H groups in total. The highest BCUT2D eigenvalue weighted by Crippen LogP contribution is 2.29. The van der Waals surface area contributed by atoms with E-state index in [0.717, 1.165) is 0 Å². The average molecular weight is 397 g/mol. The van der Waals surface area contributed by atoms with Crippen molar-refractivity contribution in [3.63, 3.8) is 0 Å². The highest BCUT2D eigenvalue weighted by molar-refractivity contribution is 6.02. The van der Waals surface area contributed by atoms with Crippen LogP contribution in [0, 0.1) is 6.92 Å². The molecule has 0 atom stereocenters. The van der Waals surface area contributed by atoms with Crippen LogP contribution in [0.4, 0.5) is 5.69 Å². The molecule has 3 aromatic rings. The summed E-state index contributed by atoms with van der Waals surface area (Å²) < 4.78 is 20.5. The molecule has 1 aromatic heterocycles. The zero-order chi connectivity index (χ0) is 21.0. The number of hydrogen-bond acceptors (Lipinski definition) is 7. The molecule has 0 aliphatic rings. The molecule has 0 saturated heterocycles. The number of benzene rings is 2. The van der Waals surface area contributed by atoms with Gasteiger partial charge in [0.15, 0.2) is 6.61 Å². The van der Waals surface area contributed by atoms with Crippen LogP contribution in [0.3, 0.4) is 0 Å². The fraction of sp³-hybridized carbons (Fsp3) is 0.190. The van der Waals surface area contributed by atoms with Crippen LogP contribution in [0.5, 0.6) is 5.75 Å². The molecular weight excluding hydrogens is 378 g/mol. The molecule has 3 rings (SSSR count). The second-order valence-electron chi connectivity index (χ2n) is 6.08. The number of furan rings is 1. The summed E-state index contributed by atoms with van der Waals surface area (Å²) in [6.07, 6.45) is 0. The number of nitrogens with one attached hydrogen (secondary N) is 1. The highest BCUT2D eigenvalue weighted by atomic mass is 16.5. The van der Waals surface area contributed by atoms with E-state index in [0.29, 0.717) is 22.3 Å². The molecule has 0 aliphatic carbocycles. The molecular formula is C21H19NO7. The largest absolute Gasteiger partial charge is 0.497 e. The molecule has 29 heavy (non-hydrogen) atoms. The SMILES string of the molecule is COC(=O)c1ccccc1NC(=O)COC(=O)c1oc2ccc(OC)cc2c1C. The molecule has 0 unspecified atom stereocenters. The minimum atomic E-state index is -0.769. The van der Waals surface area contributed by atoms with Gasteiger partial charge in [0.2, 0.25) is 5.76 Å². The van der Waals surface area contributed by atoms with Gasteiger partial charge in [0.25, 0.3) is 5.91 Å². The summed E-state index contributed by atoms with van der Waals surface area (Å²) in [5, 5.41) is 3.24. The van der Waals surface area contributed by atoms with Crippen molar-refractivity contribution in [2.24, 2.45) is 0 Å². The van der Waals surface area contributed by atoms with Crippen LogP contribution in [0.15, 0.2) is 46.9 Å². The lowest BCUT2D eigenvalue weighted by Crippen LogP contribution is -2.22. The predicted octanol–water partition coefficient (Wildman–Crippen LogP) is 3.33. The van der Waals surface area contributed by atoms with Crippen molar-refractivity contribution < 1.29 is 33.0 Å². The molecule has 150 valence electrons. The minimum Gasteiger partial charge on any atom is -0.497 e. The Morgan fingerprint density at radius 2 is 1.79 bits per heavy atom. The number of para-hydroxylation sites is 1. The van der Waals surface area contributed by atoms with Crippen LogP contribution in [0.1, 0.15) is 26.5 Å². The number of hydrogen-bond donors (Lipinski definition) is 1. The van der Waals surface area contributed by atoms with Crippen molar-refractivity contribution >= 4 is 34.5 Å². The van der Waals surface area contributed by atoms with Gasteiger partial charge in [-0.3, -0.25) is 4.79 Å². The first kappa shape index (κ1) is 19.9. The first-order valence-corrected chi connectivity index (χ1v) is 8.66. The van der Waals surface area contributed by atoms with E-state index in [9.17, 15) is 14.4 Å². The van der Waals surface area contributed by atoms with Gasteiger partial charge in [-0.1, -0.05) is 12.1 Å². The van der Waals surface area contributed by atoms with Crippen LogP contribution in [-0.2, 0) is 14.3 Å². The first-order chi connectivity index (χ1) is 13.9. The highest BCUT2D eigenvalue weighted by Gasteiger charge is 2.21. The van der Waals surface area contributed by atoms with Crippen LogP contribution in [0.25, 0.3) is 11.0 Å². The molecule has 8 nitrogen and oxygen atoms in total. The van der Waals surface area contributed by atoms with Gasteiger partial charge < -0.3 is 23.9 Å². The summed E-state index contributed by atoms with van der Waals surface area (Å²) in [5.74, 6) is -1.33. The number of anilines is 1. The summed E-state index contributed by atoms with van der Waals surface area (Å²) >= 11 is 0. The van der Waals surface area contributed by atoms with Gasteiger partial charge in [0, 0.05) is 10.9 Å². The standard InChI is InChI=1S/C21H19NO7/c1-12-15-10-13(26-2)8-9-17(15)29-19(12)21(25)28-11-18(23)22-16-7-5-4-6-14(16)20(24)27-3/h4-10H,11H2,1-3H3,(H,22,23). The van der Waals surface area contributed by atoms with Crippen molar-refractivity contribution in [2.75, 3.05) is 26.1 Å². The number of fused-ring (bicyclic) bond motifs is 1. The number of ether oxygens (including phenoxy) is 3. The van der Waals surface area contributed by atoms with Gasteiger partial charge in [-0.05, 0) is 37.3 Å². The number of aryl methyl sites for hydroxylation is 1. The lowest BCUT2D eigenvalue weighted by molar-refractivity contribution is -0.119. The van der Waals surface area contributed by atoms with Crippen molar-refractivity contribution in [2.45, 2.75) is 6.92 Å². The van der Waals surface area contributed by atoms with E-state index in [2.05, 4.69) is 10.1 Å². The zero-order valence-electron chi connectivity index (χ0n) is 16.1. The Bertz CT molecular complexity index is 1080. The maximum Gasteiger partial charge on any atom is 0.375 e. The van der Waals surface area contributed by atoms with Crippen LogP contribution in [0.2, 0.25) is 0 Å². The number of carbonyl (C=O) groups is 3. The quantitative estimate of drug-likeness (QED) is 0.636. The molecule has 2 aromatic carbocycles. The van der Waals surface area contributed by atoms with Gasteiger partial charge in [-0.15, -0.1) is 0 Å². The van der Waals surface area contributed by atoms with Gasteiger partial charge in [0.05, 0.1) is 25.5 Å². The summed E-state index contributed by atoms with van der Waals surface area (Å²) in [6.45, 7) is 1.17. The van der Waals surface area contributed by atoms with Crippen molar-refractivity contribution in [1.82, 2.24) is 0 Å². The topological polar surface area (TPSA) is 104 Å². The Morgan fingerprint density at radius 3 is 2.52 bits per heavy atom. The summed E-state index contributed by atoms with van der Waals surface area (Å²) in [7, 11) is 2.79. The van der Waals surface area contributed by atoms with Gasteiger partial charge in [-0.25, -0.2) is 9.59 Å². The Kier molecular flexibility index (Phi) is 5.82. The molecule has 0 saturated carbocycles. The van der Waals surface area contributed by atoms with Crippen molar-refractivity contribution in [3.8, 4) is 5.75 Å². The molecule has 0 fully saturated rings. The lowest BCUT2D eigenvalue weighted by atomic mass is 10.1. The van der Waals surface area contributed by atoms with Gasteiger partial charge in [-0.2, -0.15) is 0 Å². The smallest absolute Gasteiger partial charge is 0.375 e. The van der Waals surface area contributed by atoms with Crippen LogP contribution in [-0.4, -0.2) is 38.7 Å². The third-order valence-electron chi connectivity index (χ3n) is 4.27. The van der Waals surface area contributed by atoms with Crippen LogP contribution < -0.4 is 10.1 Å². The third-order valence-corrected chi connectivity index (χ3v) is 4.27. The summed E-state index contributed by atoms with van der Waals surface area (Å²) in [4.78, 5) is 36.3. The number of methoxy groups -OCH3 is 2. The monoisotopic (exact) mass is 397 g/mol. The first-order valence-electron chi connectivity index (χ1n) is 8.66. The molecule has 0 spiro atoms. The molecule has 1 amide bonds. The summed E-state index contributed by atoms with van der Waals surface area (Å²) in [5.41, 5.74) is 1.54. The van der Waals surface area contributed by atoms with Crippen molar-refractivity contribution in [1.29, 1.82) is 0 Å². The molecule has 8 heteroatoms. The minimum absolute atomic E-state index is 0.0102. The second-order valence-corrected chi connectivity index (χ2v) is 6.08. The Morgan fingerprint density at radius 1 is 1.03 bits per heavy atom. The van der Waals surface area contributed by atoms with E-state index >= 15 is 0 Å². The van der Waals surface area contributed by atoms with E-state index in [1.807, 2.05) is 0 Å². The summed E-state index contributed by atoms with van der Waals surface area (Å²) in [6, 6.07) is 11.5. The normalized spacial score (nSPS) is 10.4. The average Bonchev–Trinajstić information content (AvgIpc) is 3.07. The van der Waals surface area contributed by atoms with E-state index in [4.69, 9.17) is 13.9 Å². The Balaban J connectivity index is 1.68. The van der Waals surface area contributed by atoms with E-state index in [1.54, 1.807) is 50.4 Å². The fourth-order valence-electron chi connectivity index (χ4n) is 2.78. The van der Waals surface area contributed by atoms with E-state index in [1.165, 1.54) is 13.2 Å². The molecule has 0 aliphatic heterocycles. The number of rotatable bonds is 6. The van der Waals surface area contributed by atoms with E-state index < -0.39 is 24.5 Å². The van der Waals surface area contributed by atoms with Crippen molar-refractivity contribution in [3.05, 3.63) is 59.4 Å². The fourth-order valence-corrected chi connectivity index (χ4v) is 2.78. The predicted molar refractivity (Wildman–Crippen MR) is 104 cm³/mol. The third kappa shape index (κ3) is 4.21. The zero-order valence-corrected chi connectivity index (χ0v) is 16.1. The Hall–Kier alpha value is -3.81. The number of carbonyl (C=O) groups excluding carboxylic acids is 3. The Labute approximate surface area is 166 Å². The maximum atomic E-state index is 12.4. The maximum absolute atomic E-state index is 12.4. The molecule has 0 bridgehead atoms. The second kappa shape index (κ2) is 8.47. The van der Waals surface area contributed by atoms with Gasteiger partial charge in [0.1, 0.15) is 11.3 Å². The van der Waals surface area contributed by atoms with E-state index in [-0.39, 0.29) is 17.0 Å². The molecule has 0 radical (unpaired) electrons. The molecule has 1 heterocycles. The number of amides is 1. The van der Waals surface area contributed by atoms with Crippen LogP contribution >= 0.6 is 0 Å².